The zero-order chi connectivity index (χ0) is 43.9. The molecule has 64 heavy (non-hydrogen) atoms. The van der Waals surface area contributed by atoms with Crippen molar-refractivity contribution in [2.45, 2.75) is 0 Å². The van der Waals surface area contributed by atoms with Crippen LogP contribution in [0, 0.1) is 0 Å². The largest absolute Gasteiger partial charge is 0.497 e. The van der Waals surface area contributed by atoms with Crippen LogP contribution in [0.3, 0.4) is 0 Å². The van der Waals surface area contributed by atoms with E-state index in [0.29, 0.717) is 29.4 Å². The SMILES string of the molecule is C(=N\Nc1nc2ccccc2[nH]1)/c1ccccc1.COc1ccc(/C=N/Nc2nc3ccccc3[nH]2)cc1.O=C(O)c1ccc(-c2ccc(/C=N/Nc3nc4ccccc4[nH]3)o2)cc1. The lowest BCUT2D eigenvalue weighted by atomic mass is 10.1. The van der Waals surface area contributed by atoms with E-state index in [0.717, 1.165) is 55.5 Å². The molecule has 0 bridgehead atoms. The van der Waals surface area contributed by atoms with Crippen LogP contribution in [0.2, 0.25) is 0 Å². The number of aromatic nitrogens is 6. The topological polar surface area (TPSA) is 219 Å². The molecular formula is C48H40N12O4. The Labute approximate surface area is 365 Å². The molecule has 16 nitrogen and oxygen atoms in total. The summed E-state index contributed by atoms with van der Waals surface area (Å²) >= 11 is 0. The summed E-state index contributed by atoms with van der Waals surface area (Å²) in [6, 6.07) is 51.0. The Morgan fingerprint density at radius 1 is 0.547 bits per heavy atom. The highest BCUT2D eigenvalue weighted by molar-refractivity contribution is 5.88. The van der Waals surface area contributed by atoms with Crippen molar-refractivity contribution in [3.8, 4) is 17.1 Å². The molecule has 0 aliphatic heterocycles. The third-order valence-corrected chi connectivity index (χ3v) is 9.26. The van der Waals surface area contributed by atoms with Gasteiger partial charge in [0.25, 0.3) is 0 Å². The first-order valence-corrected chi connectivity index (χ1v) is 19.8. The summed E-state index contributed by atoms with van der Waals surface area (Å²) in [6.07, 6.45) is 5.03. The van der Waals surface area contributed by atoms with Crippen LogP contribution in [0.5, 0.6) is 5.75 Å². The molecule has 7 N–H and O–H groups in total. The number of nitrogens with one attached hydrogen (secondary N) is 6. The molecule has 16 heteroatoms. The lowest BCUT2D eigenvalue weighted by Crippen LogP contribution is -1.94. The summed E-state index contributed by atoms with van der Waals surface area (Å²) in [7, 11) is 1.65. The number of carboxylic acid groups (broad SMARTS) is 1. The summed E-state index contributed by atoms with van der Waals surface area (Å²) in [5.74, 6) is 2.86. The molecule has 0 amide bonds. The predicted octanol–water partition coefficient (Wildman–Crippen LogP) is 9.99. The minimum Gasteiger partial charge on any atom is -0.497 e. The molecule has 10 aromatic rings. The van der Waals surface area contributed by atoms with E-state index in [9.17, 15) is 4.79 Å². The normalized spacial score (nSPS) is 11.1. The highest BCUT2D eigenvalue weighted by atomic mass is 16.5. The molecular weight excluding hydrogens is 809 g/mol. The molecule has 0 fully saturated rings. The minimum atomic E-state index is -0.958. The van der Waals surface area contributed by atoms with Gasteiger partial charge in [0, 0.05) is 5.56 Å². The number of furan rings is 1. The van der Waals surface area contributed by atoms with Crippen LogP contribution < -0.4 is 21.0 Å². The number of hydrogen-bond donors (Lipinski definition) is 7. The van der Waals surface area contributed by atoms with Crippen LogP contribution in [0.4, 0.5) is 17.8 Å². The fourth-order valence-corrected chi connectivity index (χ4v) is 6.09. The highest BCUT2D eigenvalue weighted by Gasteiger charge is 2.07. The summed E-state index contributed by atoms with van der Waals surface area (Å²) in [4.78, 5) is 33.4. The number of H-pyrrole nitrogens is 3. The molecule has 0 saturated heterocycles. The van der Waals surface area contributed by atoms with Crippen LogP contribution in [-0.2, 0) is 0 Å². The Morgan fingerprint density at radius 2 is 1.00 bits per heavy atom. The lowest BCUT2D eigenvalue weighted by Gasteiger charge is -1.98. The van der Waals surface area contributed by atoms with Crippen molar-refractivity contribution in [2.24, 2.45) is 15.3 Å². The van der Waals surface area contributed by atoms with E-state index in [2.05, 4.69) is 61.5 Å². The van der Waals surface area contributed by atoms with Gasteiger partial charge in [-0.2, -0.15) is 15.3 Å². The summed E-state index contributed by atoms with van der Waals surface area (Å²) in [5, 5.41) is 21.3. The number of aromatic carboxylic acids is 1. The molecule has 10 rings (SSSR count). The quantitative estimate of drug-likeness (QED) is 0.0456. The van der Waals surface area contributed by atoms with Gasteiger partial charge in [-0.1, -0.05) is 78.9 Å². The summed E-state index contributed by atoms with van der Waals surface area (Å²) in [6.45, 7) is 0. The number of carboxylic acids is 1. The molecule has 0 aliphatic rings. The average Bonchev–Trinajstić information content (AvgIpc) is 4.16. The standard InChI is InChI=1S/C19H14N4O3.C15H14N4O.C14H12N4/c24-18(25)13-7-5-12(6-8-13)17-10-9-14(26-17)11-20-23-19-21-15-3-1-2-4-16(15)22-19;1-20-12-8-6-11(7-9-12)10-16-19-15-17-13-4-2-3-5-14(13)18-15;1-2-6-11(7-3-1)10-15-18-14-16-12-8-4-5-9-13(12)17-14/h1-11H,(H,24,25)(H2,21,22,23);2-10H,1H3,(H2,17,18,19);1-10H,(H2,16,17,18)/b20-11+;16-10+;15-10+. The van der Waals surface area contributed by atoms with E-state index in [-0.39, 0.29) is 5.56 Å². The maximum absolute atomic E-state index is 10.9. The smallest absolute Gasteiger partial charge is 0.335 e. The van der Waals surface area contributed by atoms with Gasteiger partial charge in [0.05, 0.1) is 64.4 Å². The van der Waals surface area contributed by atoms with Gasteiger partial charge in [-0.15, -0.1) is 0 Å². The molecule has 4 aromatic heterocycles. The van der Waals surface area contributed by atoms with Gasteiger partial charge in [-0.25, -0.2) is 36.0 Å². The number of imidazole rings is 3. The fraction of sp³-hybridized carbons (Fsp3) is 0.0208. The highest BCUT2D eigenvalue weighted by Crippen LogP contribution is 2.22. The van der Waals surface area contributed by atoms with Crippen LogP contribution in [-0.4, -0.2) is 66.7 Å². The molecule has 6 aromatic carbocycles. The Bertz CT molecular complexity index is 3070. The van der Waals surface area contributed by atoms with Gasteiger partial charge in [0.15, 0.2) is 0 Å². The Kier molecular flexibility index (Phi) is 13.1. The van der Waals surface area contributed by atoms with Gasteiger partial charge in [0.1, 0.15) is 17.3 Å². The second-order valence-corrected chi connectivity index (χ2v) is 13.7. The van der Waals surface area contributed by atoms with Gasteiger partial charge < -0.3 is 29.2 Å². The van der Waals surface area contributed by atoms with E-state index in [4.69, 9.17) is 14.3 Å². The number of hydrazone groups is 3. The second kappa shape index (κ2) is 20.3. The number of hydrogen-bond acceptors (Lipinski definition) is 12. The van der Waals surface area contributed by atoms with E-state index in [1.54, 1.807) is 50.0 Å². The molecule has 0 atom stereocenters. The Hall–Kier alpha value is -9.31. The zero-order valence-electron chi connectivity index (χ0n) is 34.2. The average molecular weight is 849 g/mol. The predicted molar refractivity (Wildman–Crippen MR) is 252 cm³/mol. The van der Waals surface area contributed by atoms with Crippen molar-refractivity contribution in [1.82, 2.24) is 29.9 Å². The van der Waals surface area contributed by atoms with Crippen molar-refractivity contribution in [3.63, 3.8) is 0 Å². The number of methoxy groups -OCH3 is 1. The molecule has 4 heterocycles. The van der Waals surface area contributed by atoms with E-state index >= 15 is 0 Å². The molecule has 0 aliphatic carbocycles. The molecule has 316 valence electrons. The zero-order valence-corrected chi connectivity index (χ0v) is 34.2. The monoisotopic (exact) mass is 848 g/mol. The number of ether oxygens (including phenoxy) is 1. The van der Waals surface area contributed by atoms with Crippen molar-refractivity contribution >= 4 is 75.6 Å². The van der Waals surface area contributed by atoms with Crippen LogP contribution in [0.1, 0.15) is 27.2 Å². The first-order valence-electron chi connectivity index (χ1n) is 19.8. The minimum absolute atomic E-state index is 0.233. The number of anilines is 3. The Balaban J connectivity index is 0.000000134. The number of para-hydroxylation sites is 6. The maximum Gasteiger partial charge on any atom is 0.335 e. The second-order valence-electron chi connectivity index (χ2n) is 13.7. The van der Waals surface area contributed by atoms with Crippen LogP contribution in [0.15, 0.2) is 184 Å². The van der Waals surface area contributed by atoms with E-state index in [1.165, 1.54) is 12.1 Å². The van der Waals surface area contributed by atoms with Gasteiger partial charge >= 0.3 is 5.97 Å². The first-order chi connectivity index (χ1) is 31.5. The van der Waals surface area contributed by atoms with Crippen LogP contribution >= 0.6 is 0 Å². The van der Waals surface area contributed by atoms with Gasteiger partial charge in [0.2, 0.25) is 17.8 Å². The van der Waals surface area contributed by atoms with Crippen LogP contribution in [0.25, 0.3) is 44.4 Å². The lowest BCUT2D eigenvalue weighted by molar-refractivity contribution is 0.0697. The molecule has 0 saturated carbocycles. The fourth-order valence-electron chi connectivity index (χ4n) is 6.09. The number of carbonyl (C=O) groups is 1. The third-order valence-electron chi connectivity index (χ3n) is 9.26. The van der Waals surface area contributed by atoms with E-state index < -0.39 is 5.97 Å². The van der Waals surface area contributed by atoms with E-state index in [1.807, 2.05) is 127 Å². The molecule has 0 spiro atoms. The van der Waals surface area contributed by atoms with Gasteiger partial charge in [-0.05, 0) is 96.1 Å². The van der Waals surface area contributed by atoms with Crippen molar-refractivity contribution in [3.05, 3.63) is 186 Å². The van der Waals surface area contributed by atoms with Crippen molar-refractivity contribution in [2.75, 3.05) is 23.4 Å². The number of aromatic amines is 3. The van der Waals surface area contributed by atoms with Crippen molar-refractivity contribution in [1.29, 1.82) is 0 Å². The first kappa shape index (κ1) is 41.4. The molecule has 0 unspecified atom stereocenters. The maximum atomic E-state index is 10.9. The number of nitrogens with zero attached hydrogens (tertiary/aromatic N) is 6. The number of benzene rings is 6. The van der Waals surface area contributed by atoms with Crippen molar-refractivity contribution < 1.29 is 19.1 Å². The van der Waals surface area contributed by atoms with Gasteiger partial charge in [-0.3, -0.25) is 0 Å². The summed E-state index contributed by atoms with van der Waals surface area (Å²) < 4.78 is 10.8. The Morgan fingerprint density at radius 3 is 1.47 bits per heavy atom. The number of fused-ring (bicyclic) bond motifs is 3. The summed E-state index contributed by atoms with van der Waals surface area (Å²) in [5.41, 5.74) is 17.2. The molecule has 0 radical (unpaired) electrons. The third kappa shape index (κ3) is 11.1. The number of rotatable bonds is 12.